The molecule has 0 fully saturated rings. The van der Waals surface area contributed by atoms with Gasteiger partial charge in [0.25, 0.3) is 5.91 Å². The molecule has 1 aromatic heterocycles. The van der Waals surface area contributed by atoms with E-state index in [1.807, 2.05) is 20.8 Å². The lowest BCUT2D eigenvalue weighted by atomic mass is 10.1. The van der Waals surface area contributed by atoms with E-state index in [1.54, 1.807) is 42.5 Å². The van der Waals surface area contributed by atoms with Crippen molar-refractivity contribution in [1.29, 1.82) is 0 Å². The van der Waals surface area contributed by atoms with Gasteiger partial charge in [-0.15, -0.1) is 0 Å². The van der Waals surface area contributed by atoms with Crippen LogP contribution in [0.4, 0.5) is 5.69 Å². The van der Waals surface area contributed by atoms with Gasteiger partial charge in [0.1, 0.15) is 18.1 Å². The normalized spacial score (nSPS) is 10.5. The molecule has 1 N–H and O–H groups in total. The molecule has 0 unspecified atom stereocenters. The molecule has 0 radical (unpaired) electrons. The van der Waals surface area contributed by atoms with E-state index in [0.717, 1.165) is 16.8 Å². The summed E-state index contributed by atoms with van der Waals surface area (Å²) in [5.41, 5.74) is 3.66. The number of ether oxygens (including phenoxy) is 2. The summed E-state index contributed by atoms with van der Waals surface area (Å²) in [4.78, 5) is 24.7. The zero-order valence-corrected chi connectivity index (χ0v) is 16.7. The van der Waals surface area contributed by atoms with E-state index in [0.29, 0.717) is 28.3 Å². The number of carbonyl (C=O) groups is 2. The first-order chi connectivity index (χ1) is 13.9. The molecule has 3 rings (SSSR count). The van der Waals surface area contributed by atoms with E-state index in [9.17, 15) is 9.59 Å². The average molecular weight is 394 g/mol. The van der Waals surface area contributed by atoms with Gasteiger partial charge in [-0.1, -0.05) is 17.3 Å². The number of benzene rings is 2. The number of methoxy groups -OCH3 is 1. The standard InChI is InChI=1S/C22H22N2O5/c1-13-9-16(22(26)27-4)11-17(10-13)23-21(25)18-7-5-6-8-20(18)28-12-19-14(2)24-29-15(19)3/h5-11H,12H2,1-4H3,(H,23,25). The molecule has 7 heteroatoms. The van der Waals surface area contributed by atoms with Gasteiger partial charge in [0.2, 0.25) is 0 Å². The van der Waals surface area contributed by atoms with Crippen molar-refractivity contribution < 1.29 is 23.6 Å². The first-order valence-electron chi connectivity index (χ1n) is 9.04. The average Bonchev–Trinajstić information content (AvgIpc) is 3.03. The van der Waals surface area contributed by atoms with Crippen LogP contribution in [0.1, 0.15) is 43.3 Å². The Bertz CT molecular complexity index is 1040. The van der Waals surface area contributed by atoms with Crippen LogP contribution in [0, 0.1) is 20.8 Å². The van der Waals surface area contributed by atoms with Gasteiger partial charge < -0.3 is 19.3 Å². The van der Waals surface area contributed by atoms with E-state index in [1.165, 1.54) is 7.11 Å². The number of aryl methyl sites for hydroxylation is 3. The number of para-hydroxylation sites is 1. The first kappa shape index (κ1) is 20.1. The quantitative estimate of drug-likeness (QED) is 0.630. The summed E-state index contributed by atoms with van der Waals surface area (Å²) < 4.78 is 15.8. The van der Waals surface area contributed by atoms with Gasteiger partial charge in [-0.3, -0.25) is 4.79 Å². The van der Waals surface area contributed by atoms with Crippen LogP contribution in [-0.4, -0.2) is 24.1 Å². The van der Waals surface area contributed by atoms with Crippen LogP contribution in [0.5, 0.6) is 5.75 Å². The predicted octanol–water partition coefficient (Wildman–Crippen LogP) is 4.22. The fourth-order valence-corrected chi connectivity index (χ4v) is 2.93. The maximum absolute atomic E-state index is 12.9. The van der Waals surface area contributed by atoms with Crippen molar-refractivity contribution in [2.24, 2.45) is 0 Å². The highest BCUT2D eigenvalue weighted by Crippen LogP contribution is 2.23. The Morgan fingerprint density at radius 2 is 1.86 bits per heavy atom. The lowest BCUT2D eigenvalue weighted by molar-refractivity contribution is 0.0600. The Morgan fingerprint density at radius 3 is 2.55 bits per heavy atom. The number of anilines is 1. The molecular formula is C22H22N2O5. The minimum atomic E-state index is -0.465. The molecule has 7 nitrogen and oxygen atoms in total. The number of carbonyl (C=O) groups excluding carboxylic acids is 2. The molecule has 0 aliphatic heterocycles. The molecular weight excluding hydrogens is 372 g/mol. The minimum absolute atomic E-state index is 0.238. The van der Waals surface area contributed by atoms with Crippen LogP contribution in [0.2, 0.25) is 0 Å². The maximum atomic E-state index is 12.9. The highest BCUT2D eigenvalue weighted by molar-refractivity contribution is 6.06. The lowest BCUT2D eigenvalue weighted by Crippen LogP contribution is -2.14. The first-order valence-corrected chi connectivity index (χ1v) is 9.04. The van der Waals surface area contributed by atoms with Crippen molar-refractivity contribution in [1.82, 2.24) is 5.16 Å². The zero-order chi connectivity index (χ0) is 21.0. The molecule has 1 heterocycles. The molecule has 0 aliphatic carbocycles. The molecule has 1 amide bonds. The van der Waals surface area contributed by atoms with Gasteiger partial charge >= 0.3 is 5.97 Å². The number of nitrogens with one attached hydrogen (secondary N) is 1. The molecule has 0 aliphatic rings. The number of esters is 1. The second kappa shape index (κ2) is 8.60. The van der Waals surface area contributed by atoms with E-state index in [-0.39, 0.29) is 12.5 Å². The second-order valence-corrected chi connectivity index (χ2v) is 6.62. The Hall–Kier alpha value is -3.61. The van der Waals surface area contributed by atoms with Crippen molar-refractivity contribution in [2.75, 3.05) is 12.4 Å². The van der Waals surface area contributed by atoms with Crippen LogP contribution < -0.4 is 10.1 Å². The molecule has 0 atom stereocenters. The monoisotopic (exact) mass is 394 g/mol. The molecule has 0 saturated heterocycles. The fourth-order valence-electron chi connectivity index (χ4n) is 2.93. The predicted molar refractivity (Wildman–Crippen MR) is 107 cm³/mol. The van der Waals surface area contributed by atoms with Crippen molar-refractivity contribution in [2.45, 2.75) is 27.4 Å². The molecule has 0 saturated carbocycles. The minimum Gasteiger partial charge on any atom is -0.488 e. The summed E-state index contributed by atoms with van der Waals surface area (Å²) in [5, 5.41) is 6.72. The smallest absolute Gasteiger partial charge is 0.337 e. The summed E-state index contributed by atoms with van der Waals surface area (Å²) >= 11 is 0. The van der Waals surface area contributed by atoms with Crippen LogP contribution in [0.15, 0.2) is 47.0 Å². The number of hydrogen-bond donors (Lipinski definition) is 1. The number of nitrogens with zero attached hydrogens (tertiary/aromatic N) is 1. The maximum Gasteiger partial charge on any atom is 0.337 e. The highest BCUT2D eigenvalue weighted by Gasteiger charge is 2.16. The Kier molecular flexibility index (Phi) is 5.97. The summed E-state index contributed by atoms with van der Waals surface area (Å²) in [6.45, 7) is 5.73. The SMILES string of the molecule is COC(=O)c1cc(C)cc(NC(=O)c2ccccc2OCc2c(C)noc2C)c1. The largest absolute Gasteiger partial charge is 0.488 e. The van der Waals surface area contributed by atoms with E-state index in [4.69, 9.17) is 14.0 Å². The fraction of sp³-hybridized carbons (Fsp3) is 0.227. The summed E-state index contributed by atoms with van der Waals surface area (Å²) in [7, 11) is 1.31. The topological polar surface area (TPSA) is 90.7 Å². The van der Waals surface area contributed by atoms with Crippen LogP contribution in [0.25, 0.3) is 0 Å². The third kappa shape index (κ3) is 4.63. The van der Waals surface area contributed by atoms with Gasteiger partial charge in [0, 0.05) is 5.69 Å². The second-order valence-electron chi connectivity index (χ2n) is 6.62. The van der Waals surface area contributed by atoms with E-state index >= 15 is 0 Å². The number of amides is 1. The highest BCUT2D eigenvalue weighted by atomic mass is 16.5. The third-order valence-corrected chi connectivity index (χ3v) is 4.44. The molecule has 0 spiro atoms. The van der Waals surface area contributed by atoms with Crippen LogP contribution in [-0.2, 0) is 11.3 Å². The van der Waals surface area contributed by atoms with Crippen molar-refractivity contribution >= 4 is 17.6 Å². The lowest BCUT2D eigenvalue weighted by Gasteiger charge is -2.12. The molecule has 150 valence electrons. The Labute approximate surface area is 168 Å². The molecule has 0 bridgehead atoms. The molecule has 2 aromatic carbocycles. The van der Waals surface area contributed by atoms with Gasteiger partial charge in [-0.05, 0) is 56.7 Å². The van der Waals surface area contributed by atoms with Gasteiger partial charge in [0.05, 0.1) is 29.5 Å². The van der Waals surface area contributed by atoms with Crippen molar-refractivity contribution in [3.8, 4) is 5.75 Å². The van der Waals surface area contributed by atoms with Crippen molar-refractivity contribution in [3.63, 3.8) is 0 Å². The van der Waals surface area contributed by atoms with Crippen LogP contribution in [0.3, 0.4) is 0 Å². The number of rotatable bonds is 6. The third-order valence-electron chi connectivity index (χ3n) is 4.44. The van der Waals surface area contributed by atoms with E-state index in [2.05, 4.69) is 10.5 Å². The van der Waals surface area contributed by atoms with Gasteiger partial charge in [0.15, 0.2) is 0 Å². The molecule has 3 aromatic rings. The zero-order valence-electron chi connectivity index (χ0n) is 16.7. The summed E-state index contributed by atoms with van der Waals surface area (Å²) in [6.07, 6.45) is 0. The molecule has 29 heavy (non-hydrogen) atoms. The van der Waals surface area contributed by atoms with Crippen molar-refractivity contribution in [3.05, 3.63) is 76.2 Å². The Balaban J connectivity index is 1.80. The van der Waals surface area contributed by atoms with Gasteiger partial charge in [-0.25, -0.2) is 4.79 Å². The van der Waals surface area contributed by atoms with Crippen LogP contribution >= 0.6 is 0 Å². The summed E-state index contributed by atoms with van der Waals surface area (Å²) in [6, 6.07) is 12.0. The Morgan fingerprint density at radius 1 is 1.10 bits per heavy atom. The number of aromatic nitrogens is 1. The number of hydrogen-bond acceptors (Lipinski definition) is 6. The van der Waals surface area contributed by atoms with Gasteiger partial charge in [-0.2, -0.15) is 0 Å². The van der Waals surface area contributed by atoms with E-state index < -0.39 is 5.97 Å². The summed E-state index contributed by atoms with van der Waals surface area (Å²) in [5.74, 6) is 0.304.